The Labute approximate surface area is 112 Å². The molecule has 0 amide bonds. The average molecular weight is 254 g/mol. The molecular weight excluding hydrogens is 239 g/mol. The van der Waals surface area contributed by atoms with Crippen LogP contribution in [-0.4, -0.2) is 6.54 Å². The van der Waals surface area contributed by atoms with Crippen molar-refractivity contribution >= 4 is 5.69 Å². The summed E-state index contributed by atoms with van der Waals surface area (Å²) in [5.41, 5.74) is 3.60. The molecule has 0 saturated carbocycles. The molecule has 2 aromatic rings. The van der Waals surface area contributed by atoms with Crippen LogP contribution >= 0.6 is 0 Å². The van der Waals surface area contributed by atoms with E-state index >= 15 is 0 Å². The zero-order valence-corrected chi connectivity index (χ0v) is 10.8. The number of nitriles is 1. The van der Waals surface area contributed by atoms with Crippen molar-refractivity contribution in [3.63, 3.8) is 0 Å². The molecular formula is C16H15FN2. The van der Waals surface area contributed by atoms with Crippen molar-refractivity contribution in [1.29, 1.82) is 5.26 Å². The second kappa shape index (κ2) is 6.01. The third-order valence-corrected chi connectivity index (χ3v) is 2.98. The average Bonchev–Trinajstić information content (AvgIpc) is 2.39. The van der Waals surface area contributed by atoms with E-state index in [1.807, 2.05) is 25.1 Å². The van der Waals surface area contributed by atoms with E-state index in [0.29, 0.717) is 5.56 Å². The minimum atomic E-state index is -0.202. The quantitative estimate of drug-likeness (QED) is 0.903. The lowest BCUT2D eigenvalue weighted by molar-refractivity contribution is 0.625. The molecule has 0 unspecified atom stereocenters. The van der Waals surface area contributed by atoms with E-state index in [9.17, 15) is 4.39 Å². The first-order valence-corrected chi connectivity index (χ1v) is 6.18. The van der Waals surface area contributed by atoms with E-state index in [4.69, 9.17) is 5.26 Å². The minimum absolute atomic E-state index is 0.202. The Morgan fingerprint density at radius 1 is 1.21 bits per heavy atom. The van der Waals surface area contributed by atoms with Crippen LogP contribution in [0.4, 0.5) is 10.1 Å². The van der Waals surface area contributed by atoms with Crippen LogP contribution in [0.5, 0.6) is 0 Å². The topological polar surface area (TPSA) is 35.8 Å². The Bertz CT molecular complexity index is 614. The molecule has 3 heteroatoms. The highest BCUT2D eigenvalue weighted by molar-refractivity contribution is 5.51. The van der Waals surface area contributed by atoms with Crippen molar-refractivity contribution in [2.75, 3.05) is 11.9 Å². The Morgan fingerprint density at radius 3 is 2.74 bits per heavy atom. The molecule has 0 aliphatic heterocycles. The van der Waals surface area contributed by atoms with Crippen LogP contribution in [0.2, 0.25) is 0 Å². The van der Waals surface area contributed by atoms with E-state index in [1.165, 1.54) is 6.07 Å². The number of hydrogen-bond donors (Lipinski definition) is 1. The SMILES string of the molecule is Cc1cc(NCCc2cccc(F)c2)ccc1C#N. The van der Waals surface area contributed by atoms with Gasteiger partial charge in [-0.1, -0.05) is 12.1 Å². The van der Waals surface area contributed by atoms with E-state index in [1.54, 1.807) is 18.2 Å². The number of benzene rings is 2. The van der Waals surface area contributed by atoms with Crippen LogP contribution in [0.3, 0.4) is 0 Å². The molecule has 0 radical (unpaired) electrons. The maximum absolute atomic E-state index is 13.0. The van der Waals surface area contributed by atoms with Crippen molar-refractivity contribution in [2.24, 2.45) is 0 Å². The molecule has 0 aliphatic carbocycles. The highest BCUT2D eigenvalue weighted by Crippen LogP contribution is 2.14. The molecule has 2 aromatic carbocycles. The summed E-state index contributed by atoms with van der Waals surface area (Å²) in [7, 11) is 0. The van der Waals surface area contributed by atoms with E-state index in [-0.39, 0.29) is 5.82 Å². The molecule has 0 aromatic heterocycles. The molecule has 0 fully saturated rings. The number of rotatable bonds is 4. The first kappa shape index (κ1) is 13.1. The predicted octanol–water partition coefficient (Wildman–Crippen LogP) is 3.66. The van der Waals surface area contributed by atoms with Gasteiger partial charge in [0.1, 0.15) is 5.82 Å². The second-order valence-corrected chi connectivity index (χ2v) is 4.45. The fourth-order valence-electron chi connectivity index (χ4n) is 1.94. The number of nitrogens with one attached hydrogen (secondary N) is 1. The Morgan fingerprint density at radius 2 is 2.05 bits per heavy atom. The summed E-state index contributed by atoms with van der Waals surface area (Å²) in [6, 6.07) is 14.4. The minimum Gasteiger partial charge on any atom is -0.385 e. The molecule has 2 rings (SSSR count). The summed E-state index contributed by atoms with van der Waals surface area (Å²) in [6.45, 7) is 2.64. The van der Waals surface area contributed by atoms with Crippen LogP contribution in [0.15, 0.2) is 42.5 Å². The number of nitrogens with zero attached hydrogens (tertiary/aromatic N) is 1. The van der Waals surface area contributed by atoms with Crippen LogP contribution < -0.4 is 5.32 Å². The molecule has 19 heavy (non-hydrogen) atoms. The molecule has 0 bridgehead atoms. The van der Waals surface area contributed by atoms with Crippen LogP contribution in [-0.2, 0) is 6.42 Å². The van der Waals surface area contributed by atoms with Gasteiger partial charge in [0, 0.05) is 12.2 Å². The summed E-state index contributed by atoms with van der Waals surface area (Å²) in [5, 5.41) is 12.1. The highest BCUT2D eigenvalue weighted by Gasteiger charge is 1.99. The van der Waals surface area contributed by atoms with E-state index in [0.717, 1.165) is 29.8 Å². The Kier molecular flexibility index (Phi) is 4.15. The summed E-state index contributed by atoms with van der Waals surface area (Å²) in [5.74, 6) is -0.202. The van der Waals surface area contributed by atoms with Gasteiger partial charge in [0.05, 0.1) is 11.6 Å². The van der Waals surface area contributed by atoms with Gasteiger partial charge in [-0.3, -0.25) is 0 Å². The van der Waals surface area contributed by atoms with Crippen molar-refractivity contribution in [3.8, 4) is 6.07 Å². The van der Waals surface area contributed by atoms with Crippen molar-refractivity contribution < 1.29 is 4.39 Å². The lowest BCUT2D eigenvalue weighted by atomic mass is 10.1. The zero-order valence-electron chi connectivity index (χ0n) is 10.8. The molecule has 0 heterocycles. The Hall–Kier alpha value is -2.34. The Balaban J connectivity index is 1.93. The molecule has 0 spiro atoms. The van der Waals surface area contributed by atoms with E-state index in [2.05, 4.69) is 11.4 Å². The third kappa shape index (κ3) is 3.56. The maximum Gasteiger partial charge on any atom is 0.123 e. The monoisotopic (exact) mass is 254 g/mol. The fraction of sp³-hybridized carbons (Fsp3) is 0.188. The number of hydrogen-bond acceptors (Lipinski definition) is 2. The van der Waals surface area contributed by atoms with Gasteiger partial charge < -0.3 is 5.32 Å². The largest absolute Gasteiger partial charge is 0.385 e. The molecule has 96 valence electrons. The number of aryl methyl sites for hydroxylation is 1. The maximum atomic E-state index is 13.0. The van der Waals surface area contributed by atoms with Gasteiger partial charge >= 0.3 is 0 Å². The van der Waals surface area contributed by atoms with E-state index < -0.39 is 0 Å². The molecule has 0 atom stereocenters. The van der Waals surface area contributed by atoms with Gasteiger partial charge in [0.25, 0.3) is 0 Å². The first-order chi connectivity index (χ1) is 9.19. The van der Waals surface area contributed by atoms with Gasteiger partial charge in [-0.25, -0.2) is 4.39 Å². The van der Waals surface area contributed by atoms with Crippen LogP contribution in [0, 0.1) is 24.1 Å². The van der Waals surface area contributed by atoms with Gasteiger partial charge in [0.2, 0.25) is 0 Å². The fourth-order valence-corrected chi connectivity index (χ4v) is 1.94. The first-order valence-electron chi connectivity index (χ1n) is 6.18. The van der Waals surface area contributed by atoms with Gasteiger partial charge in [0.15, 0.2) is 0 Å². The normalized spacial score (nSPS) is 9.95. The smallest absolute Gasteiger partial charge is 0.123 e. The van der Waals surface area contributed by atoms with Gasteiger partial charge in [-0.2, -0.15) is 5.26 Å². The molecule has 0 saturated heterocycles. The van der Waals surface area contributed by atoms with Crippen molar-refractivity contribution in [3.05, 3.63) is 65.0 Å². The number of halogens is 1. The highest BCUT2D eigenvalue weighted by atomic mass is 19.1. The molecule has 0 aliphatic rings. The molecule has 1 N–H and O–H groups in total. The lowest BCUT2D eigenvalue weighted by Crippen LogP contribution is -2.05. The lowest BCUT2D eigenvalue weighted by Gasteiger charge is -2.08. The third-order valence-electron chi connectivity index (χ3n) is 2.98. The summed E-state index contributed by atoms with van der Waals surface area (Å²) in [6.07, 6.45) is 0.761. The summed E-state index contributed by atoms with van der Waals surface area (Å²) < 4.78 is 13.0. The van der Waals surface area contributed by atoms with Gasteiger partial charge in [-0.15, -0.1) is 0 Å². The predicted molar refractivity (Wildman–Crippen MR) is 74.5 cm³/mol. The summed E-state index contributed by atoms with van der Waals surface area (Å²) in [4.78, 5) is 0. The van der Waals surface area contributed by atoms with Crippen molar-refractivity contribution in [2.45, 2.75) is 13.3 Å². The standard InChI is InChI=1S/C16H15FN2/c1-12-9-16(6-5-14(12)11-18)19-8-7-13-3-2-4-15(17)10-13/h2-6,9-10,19H,7-8H2,1H3. The molecule has 2 nitrogen and oxygen atoms in total. The zero-order chi connectivity index (χ0) is 13.7. The summed E-state index contributed by atoms with van der Waals surface area (Å²) >= 11 is 0. The van der Waals surface area contributed by atoms with Gasteiger partial charge in [-0.05, 0) is 54.8 Å². The number of anilines is 1. The van der Waals surface area contributed by atoms with Crippen LogP contribution in [0.25, 0.3) is 0 Å². The second-order valence-electron chi connectivity index (χ2n) is 4.45. The van der Waals surface area contributed by atoms with Crippen molar-refractivity contribution in [1.82, 2.24) is 0 Å². The van der Waals surface area contributed by atoms with Crippen LogP contribution in [0.1, 0.15) is 16.7 Å².